The summed E-state index contributed by atoms with van der Waals surface area (Å²) in [6.07, 6.45) is 4.29. The number of carbonyl (C=O) groups is 1. The molecule has 0 bridgehead atoms. The molecule has 1 amide bonds. The van der Waals surface area contributed by atoms with Crippen LogP contribution in [0.25, 0.3) is 0 Å². The molecule has 0 aliphatic carbocycles. The van der Waals surface area contributed by atoms with E-state index in [1.807, 2.05) is 12.3 Å². The van der Waals surface area contributed by atoms with Gasteiger partial charge >= 0.3 is 0 Å². The molecular formula is C9H11N3OS2. The van der Waals surface area contributed by atoms with Gasteiger partial charge in [0, 0.05) is 30.4 Å². The second-order valence-corrected chi connectivity index (χ2v) is 4.77. The Bertz CT molecular complexity index is 390. The van der Waals surface area contributed by atoms with Gasteiger partial charge in [-0.25, -0.2) is 0 Å². The topological polar surface area (TPSA) is 46.1 Å². The highest BCUT2D eigenvalue weighted by Crippen LogP contribution is 2.28. The predicted molar refractivity (Wildman–Crippen MR) is 62.3 cm³/mol. The number of thioether (sulfide) groups is 1. The largest absolute Gasteiger partial charge is 0.286 e. The highest BCUT2D eigenvalue weighted by Gasteiger charge is 2.30. The molecule has 1 atom stereocenters. The Balaban J connectivity index is 2.17. The molecule has 6 heteroatoms. The Morgan fingerprint density at radius 2 is 2.53 bits per heavy atom. The number of nitrogens with zero attached hydrogens (tertiary/aromatic N) is 3. The van der Waals surface area contributed by atoms with Crippen molar-refractivity contribution in [2.75, 3.05) is 17.7 Å². The lowest BCUT2D eigenvalue weighted by Crippen LogP contribution is -2.24. The maximum absolute atomic E-state index is 11.7. The molecule has 2 heterocycles. The first kappa shape index (κ1) is 10.6. The van der Waals surface area contributed by atoms with Crippen molar-refractivity contribution in [2.24, 2.45) is 5.92 Å². The number of rotatable bonds is 3. The first-order valence-corrected chi connectivity index (χ1v) is 6.55. The molecule has 1 aromatic rings. The van der Waals surface area contributed by atoms with Crippen LogP contribution in [0, 0.1) is 5.92 Å². The SMILES string of the molecule is C=CC1CC(=O)N(c2nc(SC)ns2)C1. The molecule has 0 spiro atoms. The van der Waals surface area contributed by atoms with Gasteiger partial charge in [-0.15, -0.1) is 6.58 Å². The number of amides is 1. The normalized spacial score (nSPS) is 21.0. The van der Waals surface area contributed by atoms with E-state index in [0.717, 1.165) is 5.16 Å². The molecule has 0 aromatic carbocycles. The van der Waals surface area contributed by atoms with Crippen LogP contribution in [0.15, 0.2) is 17.8 Å². The zero-order chi connectivity index (χ0) is 10.8. The smallest absolute Gasteiger partial charge is 0.229 e. The van der Waals surface area contributed by atoms with Crippen LogP contribution in [0.2, 0.25) is 0 Å². The van der Waals surface area contributed by atoms with E-state index in [1.165, 1.54) is 23.3 Å². The first-order chi connectivity index (χ1) is 7.24. The van der Waals surface area contributed by atoms with Gasteiger partial charge in [-0.05, 0) is 6.26 Å². The third-order valence-electron chi connectivity index (χ3n) is 2.30. The lowest BCUT2D eigenvalue weighted by molar-refractivity contribution is -0.117. The minimum Gasteiger partial charge on any atom is -0.286 e. The van der Waals surface area contributed by atoms with Crippen molar-refractivity contribution in [3.8, 4) is 0 Å². The Kier molecular flexibility index (Phi) is 3.06. The summed E-state index contributed by atoms with van der Waals surface area (Å²) in [4.78, 5) is 17.6. The van der Waals surface area contributed by atoms with Crippen molar-refractivity contribution in [2.45, 2.75) is 11.6 Å². The van der Waals surface area contributed by atoms with Gasteiger partial charge in [0.2, 0.25) is 16.2 Å². The lowest BCUT2D eigenvalue weighted by Gasteiger charge is -2.10. The Morgan fingerprint density at radius 3 is 3.07 bits per heavy atom. The summed E-state index contributed by atoms with van der Waals surface area (Å²) >= 11 is 2.76. The lowest BCUT2D eigenvalue weighted by atomic mass is 10.1. The standard InChI is InChI=1S/C9H11N3OS2/c1-3-6-4-7(13)12(5-6)9-10-8(14-2)11-15-9/h3,6H,1,4-5H2,2H3. The summed E-state index contributed by atoms with van der Waals surface area (Å²) in [5.41, 5.74) is 0. The summed E-state index contributed by atoms with van der Waals surface area (Å²) in [6, 6.07) is 0. The van der Waals surface area contributed by atoms with E-state index in [4.69, 9.17) is 0 Å². The van der Waals surface area contributed by atoms with Crippen LogP contribution in [-0.4, -0.2) is 28.1 Å². The van der Waals surface area contributed by atoms with Crippen molar-refractivity contribution in [1.29, 1.82) is 0 Å². The van der Waals surface area contributed by atoms with Gasteiger partial charge in [0.1, 0.15) is 0 Å². The van der Waals surface area contributed by atoms with Crippen LogP contribution in [0.5, 0.6) is 0 Å². The highest BCUT2D eigenvalue weighted by atomic mass is 32.2. The Hall–Kier alpha value is -0.880. The van der Waals surface area contributed by atoms with Crippen molar-refractivity contribution in [3.63, 3.8) is 0 Å². The minimum absolute atomic E-state index is 0.115. The number of carbonyl (C=O) groups excluding carboxylic acids is 1. The third-order valence-corrected chi connectivity index (χ3v) is 3.70. The van der Waals surface area contributed by atoms with Crippen LogP contribution in [0.1, 0.15) is 6.42 Å². The molecule has 1 aliphatic heterocycles. The maximum Gasteiger partial charge on any atom is 0.229 e. The molecule has 1 unspecified atom stereocenters. The van der Waals surface area contributed by atoms with Crippen LogP contribution in [0.3, 0.4) is 0 Å². The van der Waals surface area contributed by atoms with Crippen molar-refractivity contribution in [3.05, 3.63) is 12.7 Å². The quantitative estimate of drug-likeness (QED) is 0.598. The van der Waals surface area contributed by atoms with Gasteiger partial charge in [-0.2, -0.15) is 9.36 Å². The summed E-state index contributed by atoms with van der Waals surface area (Å²) in [6.45, 7) is 4.40. The van der Waals surface area contributed by atoms with E-state index in [1.54, 1.807) is 4.90 Å². The highest BCUT2D eigenvalue weighted by molar-refractivity contribution is 7.98. The zero-order valence-corrected chi connectivity index (χ0v) is 9.98. The fourth-order valence-corrected chi connectivity index (χ4v) is 2.72. The molecule has 80 valence electrons. The molecule has 1 saturated heterocycles. The average molecular weight is 241 g/mol. The van der Waals surface area contributed by atoms with Gasteiger partial charge < -0.3 is 0 Å². The van der Waals surface area contributed by atoms with E-state index in [2.05, 4.69) is 15.9 Å². The fraction of sp³-hybridized carbons (Fsp3) is 0.444. The molecule has 15 heavy (non-hydrogen) atoms. The number of aromatic nitrogens is 2. The average Bonchev–Trinajstić information content (AvgIpc) is 2.83. The molecule has 1 aliphatic rings. The summed E-state index contributed by atoms with van der Waals surface area (Å²) in [5, 5.41) is 1.43. The molecular weight excluding hydrogens is 230 g/mol. The number of anilines is 1. The number of hydrogen-bond acceptors (Lipinski definition) is 5. The third kappa shape index (κ3) is 2.05. The van der Waals surface area contributed by atoms with Crippen LogP contribution >= 0.6 is 23.3 Å². The Labute approximate surface area is 96.6 Å². The maximum atomic E-state index is 11.7. The fourth-order valence-electron chi connectivity index (χ4n) is 1.47. The molecule has 2 rings (SSSR count). The van der Waals surface area contributed by atoms with Crippen LogP contribution in [-0.2, 0) is 4.79 Å². The molecule has 0 radical (unpaired) electrons. The van der Waals surface area contributed by atoms with Crippen LogP contribution in [0.4, 0.5) is 5.13 Å². The Morgan fingerprint density at radius 1 is 1.73 bits per heavy atom. The van der Waals surface area contributed by atoms with E-state index >= 15 is 0 Å². The second kappa shape index (κ2) is 4.32. The molecule has 4 nitrogen and oxygen atoms in total. The predicted octanol–water partition coefficient (Wildman–Crippen LogP) is 1.80. The van der Waals surface area contributed by atoms with Crippen molar-refractivity contribution < 1.29 is 4.79 Å². The van der Waals surface area contributed by atoms with Crippen molar-refractivity contribution >= 4 is 34.3 Å². The second-order valence-electron chi connectivity index (χ2n) is 3.27. The molecule has 0 N–H and O–H groups in total. The summed E-state index contributed by atoms with van der Waals surface area (Å²) in [5.74, 6) is 0.364. The van der Waals surface area contributed by atoms with Crippen LogP contribution < -0.4 is 4.90 Å². The van der Waals surface area contributed by atoms with E-state index in [0.29, 0.717) is 18.1 Å². The number of hydrogen-bond donors (Lipinski definition) is 0. The zero-order valence-electron chi connectivity index (χ0n) is 8.34. The summed E-state index contributed by atoms with van der Waals surface area (Å²) in [7, 11) is 0. The molecule has 0 saturated carbocycles. The van der Waals surface area contributed by atoms with E-state index < -0.39 is 0 Å². The minimum atomic E-state index is 0.115. The van der Waals surface area contributed by atoms with Gasteiger partial charge in [0.05, 0.1) is 0 Å². The van der Waals surface area contributed by atoms with E-state index in [9.17, 15) is 4.79 Å². The van der Waals surface area contributed by atoms with Gasteiger partial charge in [-0.3, -0.25) is 9.69 Å². The first-order valence-electron chi connectivity index (χ1n) is 4.55. The monoisotopic (exact) mass is 241 g/mol. The van der Waals surface area contributed by atoms with Crippen molar-refractivity contribution in [1.82, 2.24) is 9.36 Å². The van der Waals surface area contributed by atoms with Gasteiger partial charge in [0.15, 0.2) is 0 Å². The molecule has 1 aromatic heterocycles. The molecule has 1 fully saturated rings. The van der Waals surface area contributed by atoms with Gasteiger partial charge in [0.25, 0.3) is 0 Å². The van der Waals surface area contributed by atoms with Gasteiger partial charge in [-0.1, -0.05) is 17.8 Å². The van der Waals surface area contributed by atoms with E-state index in [-0.39, 0.29) is 11.8 Å². The summed E-state index contributed by atoms with van der Waals surface area (Å²) < 4.78 is 4.14.